The number of rotatable bonds is 5. The molecule has 0 amide bonds. The molecule has 20 heavy (non-hydrogen) atoms. The number of nitrogens with zero attached hydrogens (tertiary/aromatic N) is 7. The highest BCUT2D eigenvalue weighted by atomic mass is 15.3. The van der Waals surface area contributed by atoms with Crippen LogP contribution in [0.15, 0.2) is 31.2 Å². The summed E-state index contributed by atoms with van der Waals surface area (Å²) in [6, 6.07) is 0. The van der Waals surface area contributed by atoms with E-state index in [2.05, 4.69) is 29.9 Å². The van der Waals surface area contributed by atoms with Gasteiger partial charge in [-0.1, -0.05) is 0 Å². The van der Waals surface area contributed by atoms with Crippen molar-refractivity contribution in [2.45, 2.75) is 13.0 Å². The van der Waals surface area contributed by atoms with Crippen LogP contribution in [0.25, 0.3) is 0 Å². The number of hydrogen-bond donors (Lipinski definition) is 0. The van der Waals surface area contributed by atoms with Gasteiger partial charge in [-0.2, -0.15) is 5.10 Å². The summed E-state index contributed by atoms with van der Waals surface area (Å²) in [5.41, 5.74) is 0. The van der Waals surface area contributed by atoms with Crippen LogP contribution in [0.1, 0.15) is 6.42 Å². The predicted molar refractivity (Wildman–Crippen MR) is 75.3 cm³/mol. The SMILES string of the molecule is c1cnc(N2CCN(CCCn3cncn3)CC2)cn1. The molecule has 0 bridgehead atoms. The molecule has 1 fully saturated rings. The van der Waals surface area contributed by atoms with E-state index in [9.17, 15) is 0 Å². The van der Waals surface area contributed by atoms with Crippen molar-refractivity contribution >= 4 is 5.82 Å². The zero-order chi connectivity index (χ0) is 13.6. The maximum absolute atomic E-state index is 4.35. The van der Waals surface area contributed by atoms with E-state index in [1.54, 1.807) is 25.0 Å². The van der Waals surface area contributed by atoms with Crippen LogP contribution in [0.5, 0.6) is 0 Å². The molecule has 0 aromatic carbocycles. The molecule has 1 aliphatic rings. The molecule has 7 nitrogen and oxygen atoms in total. The van der Waals surface area contributed by atoms with Gasteiger partial charge in [0, 0.05) is 51.7 Å². The Morgan fingerprint density at radius 2 is 1.90 bits per heavy atom. The normalized spacial score (nSPS) is 16.5. The Labute approximate surface area is 118 Å². The molecule has 106 valence electrons. The molecular weight excluding hydrogens is 254 g/mol. The zero-order valence-corrected chi connectivity index (χ0v) is 11.5. The molecular formula is C13H19N7. The Morgan fingerprint density at radius 1 is 1.00 bits per heavy atom. The molecule has 0 saturated carbocycles. The summed E-state index contributed by atoms with van der Waals surface area (Å²) < 4.78 is 1.88. The lowest BCUT2D eigenvalue weighted by Crippen LogP contribution is -2.47. The van der Waals surface area contributed by atoms with Gasteiger partial charge < -0.3 is 4.90 Å². The van der Waals surface area contributed by atoms with Crippen molar-refractivity contribution in [2.75, 3.05) is 37.6 Å². The third-order valence-corrected chi connectivity index (χ3v) is 3.57. The topological polar surface area (TPSA) is 63.0 Å². The van der Waals surface area contributed by atoms with Gasteiger partial charge in [-0.05, 0) is 6.42 Å². The summed E-state index contributed by atoms with van der Waals surface area (Å²) in [6.45, 7) is 6.23. The second kappa shape index (κ2) is 6.42. The molecule has 7 heteroatoms. The predicted octanol–water partition coefficient (Wildman–Crippen LogP) is 0.280. The molecule has 3 heterocycles. The highest BCUT2D eigenvalue weighted by Gasteiger charge is 2.17. The summed E-state index contributed by atoms with van der Waals surface area (Å²) in [4.78, 5) is 17.2. The van der Waals surface area contributed by atoms with Crippen LogP contribution in [0.2, 0.25) is 0 Å². The average molecular weight is 273 g/mol. The summed E-state index contributed by atoms with van der Waals surface area (Å²) >= 11 is 0. The van der Waals surface area contributed by atoms with Crippen LogP contribution >= 0.6 is 0 Å². The van der Waals surface area contributed by atoms with Gasteiger partial charge >= 0.3 is 0 Å². The number of aromatic nitrogens is 5. The van der Waals surface area contributed by atoms with E-state index in [1.165, 1.54) is 0 Å². The maximum Gasteiger partial charge on any atom is 0.147 e. The third-order valence-electron chi connectivity index (χ3n) is 3.57. The van der Waals surface area contributed by atoms with E-state index in [0.717, 1.165) is 51.5 Å². The van der Waals surface area contributed by atoms with Crippen LogP contribution in [0.3, 0.4) is 0 Å². The molecule has 0 N–H and O–H groups in total. The van der Waals surface area contributed by atoms with Crippen molar-refractivity contribution in [1.82, 2.24) is 29.6 Å². The first-order valence-electron chi connectivity index (χ1n) is 6.97. The van der Waals surface area contributed by atoms with Crippen molar-refractivity contribution in [1.29, 1.82) is 0 Å². The summed E-state index contributed by atoms with van der Waals surface area (Å²) in [5, 5.41) is 4.11. The van der Waals surface area contributed by atoms with Crippen LogP contribution in [0.4, 0.5) is 5.82 Å². The third kappa shape index (κ3) is 3.30. The minimum Gasteiger partial charge on any atom is -0.353 e. The zero-order valence-electron chi connectivity index (χ0n) is 11.5. The maximum atomic E-state index is 4.35. The minimum atomic E-state index is 0.935. The lowest BCUT2D eigenvalue weighted by Gasteiger charge is -2.35. The molecule has 2 aromatic heterocycles. The highest BCUT2D eigenvalue weighted by molar-refractivity contribution is 5.35. The van der Waals surface area contributed by atoms with Gasteiger partial charge in [0.25, 0.3) is 0 Å². The lowest BCUT2D eigenvalue weighted by molar-refractivity contribution is 0.248. The average Bonchev–Trinajstić information content (AvgIpc) is 3.02. The molecule has 0 radical (unpaired) electrons. The standard InChI is InChI=1S/C13H19N7/c1(5-20-12-15-11-17-20)4-18-6-8-19(9-7-18)13-10-14-2-3-16-13/h2-3,10-12H,1,4-9H2. The number of piperazine rings is 1. The first-order valence-corrected chi connectivity index (χ1v) is 6.97. The first-order chi connectivity index (χ1) is 9.92. The Balaban J connectivity index is 1.40. The highest BCUT2D eigenvalue weighted by Crippen LogP contribution is 2.11. The van der Waals surface area contributed by atoms with Crippen molar-refractivity contribution in [3.05, 3.63) is 31.2 Å². The molecule has 1 aliphatic heterocycles. The Hall–Kier alpha value is -2.02. The molecule has 1 saturated heterocycles. The first kappa shape index (κ1) is 13.0. The van der Waals surface area contributed by atoms with Crippen molar-refractivity contribution in [3.63, 3.8) is 0 Å². The largest absolute Gasteiger partial charge is 0.353 e. The Kier molecular flexibility index (Phi) is 4.17. The molecule has 3 rings (SSSR count). The molecule has 0 unspecified atom stereocenters. The number of aryl methyl sites for hydroxylation is 1. The van der Waals surface area contributed by atoms with E-state index in [-0.39, 0.29) is 0 Å². The van der Waals surface area contributed by atoms with Gasteiger partial charge in [0.15, 0.2) is 0 Å². The Morgan fingerprint density at radius 3 is 2.60 bits per heavy atom. The fourth-order valence-electron chi connectivity index (χ4n) is 2.46. The fourth-order valence-corrected chi connectivity index (χ4v) is 2.46. The van der Waals surface area contributed by atoms with Crippen LogP contribution in [0, 0.1) is 0 Å². The van der Waals surface area contributed by atoms with E-state index in [4.69, 9.17) is 0 Å². The lowest BCUT2D eigenvalue weighted by atomic mass is 10.3. The van der Waals surface area contributed by atoms with Crippen molar-refractivity contribution in [3.8, 4) is 0 Å². The van der Waals surface area contributed by atoms with Crippen LogP contribution in [-0.2, 0) is 6.54 Å². The van der Waals surface area contributed by atoms with Gasteiger partial charge in [0.2, 0.25) is 0 Å². The second-order valence-corrected chi connectivity index (χ2v) is 4.90. The smallest absolute Gasteiger partial charge is 0.147 e. The monoisotopic (exact) mass is 273 g/mol. The fraction of sp³-hybridized carbons (Fsp3) is 0.538. The van der Waals surface area contributed by atoms with Crippen LogP contribution in [-0.4, -0.2) is 62.4 Å². The quantitative estimate of drug-likeness (QED) is 0.780. The molecule has 0 spiro atoms. The summed E-state index contributed by atoms with van der Waals surface area (Å²) in [5.74, 6) is 0.981. The Bertz CT molecular complexity index is 491. The van der Waals surface area contributed by atoms with E-state index in [1.807, 2.05) is 10.9 Å². The summed E-state index contributed by atoms with van der Waals surface area (Å²) in [6.07, 6.45) is 9.75. The minimum absolute atomic E-state index is 0.935. The van der Waals surface area contributed by atoms with Gasteiger partial charge in [0.1, 0.15) is 18.5 Å². The van der Waals surface area contributed by atoms with E-state index < -0.39 is 0 Å². The van der Waals surface area contributed by atoms with E-state index >= 15 is 0 Å². The van der Waals surface area contributed by atoms with Gasteiger partial charge in [-0.25, -0.2) is 9.97 Å². The van der Waals surface area contributed by atoms with Gasteiger partial charge in [-0.3, -0.25) is 14.6 Å². The number of anilines is 1. The van der Waals surface area contributed by atoms with E-state index in [0.29, 0.717) is 0 Å². The number of hydrogen-bond acceptors (Lipinski definition) is 6. The molecule has 0 atom stereocenters. The second-order valence-electron chi connectivity index (χ2n) is 4.90. The molecule has 0 aliphatic carbocycles. The van der Waals surface area contributed by atoms with Crippen molar-refractivity contribution < 1.29 is 0 Å². The van der Waals surface area contributed by atoms with Crippen LogP contribution < -0.4 is 4.90 Å². The van der Waals surface area contributed by atoms with Crippen molar-refractivity contribution in [2.24, 2.45) is 0 Å². The van der Waals surface area contributed by atoms with Gasteiger partial charge in [0.05, 0.1) is 6.20 Å². The summed E-state index contributed by atoms with van der Waals surface area (Å²) in [7, 11) is 0. The molecule has 2 aromatic rings. The van der Waals surface area contributed by atoms with Gasteiger partial charge in [-0.15, -0.1) is 0 Å².